The van der Waals surface area contributed by atoms with E-state index in [4.69, 9.17) is 0 Å². The van der Waals surface area contributed by atoms with Crippen molar-refractivity contribution in [2.24, 2.45) is 46.3 Å². The SMILES string of the molecule is C[C@H](CCC(F)F)[C@H]1CC[C@H]2[C@@H]3C(=O)C[C@@H]4CC(=O)CC[C@]4(C)[C@H]3CC(=O)[C@]12C. The molecule has 162 valence electrons. The molecule has 0 N–H and O–H groups in total. The van der Waals surface area contributed by atoms with E-state index in [1.54, 1.807) is 0 Å². The second-order valence-corrected chi connectivity index (χ2v) is 10.9. The molecule has 8 atom stereocenters. The number of carbonyl (C=O) groups is 3. The Hall–Kier alpha value is -1.13. The van der Waals surface area contributed by atoms with Crippen molar-refractivity contribution >= 4 is 17.3 Å². The highest BCUT2D eigenvalue weighted by Crippen LogP contribution is 2.66. The number of halogens is 2. The van der Waals surface area contributed by atoms with Gasteiger partial charge in [-0.3, -0.25) is 14.4 Å². The van der Waals surface area contributed by atoms with Gasteiger partial charge in [0.05, 0.1) is 0 Å². The van der Waals surface area contributed by atoms with E-state index in [0.29, 0.717) is 32.1 Å². The fourth-order valence-corrected chi connectivity index (χ4v) is 7.98. The maximum Gasteiger partial charge on any atom is 0.238 e. The highest BCUT2D eigenvalue weighted by atomic mass is 19.3. The summed E-state index contributed by atoms with van der Waals surface area (Å²) >= 11 is 0. The van der Waals surface area contributed by atoms with Crippen LogP contribution in [-0.2, 0) is 14.4 Å². The Morgan fingerprint density at radius 2 is 1.72 bits per heavy atom. The number of fused-ring (bicyclic) bond motifs is 5. The molecule has 0 saturated heterocycles. The van der Waals surface area contributed by atoms with Gasteiger partial charge in [0.1, 0.15) is 17.3 Å². The Morgan fingerprint density at radius 1 is 1.00 bits per heavy atom. The molecule has 5 heteroatoms. The van der Waals surface area contributed by atoms with Crippen LogP contribution in [0.25, 0.3) is 0 Å². The van der Waals surface area contributed by atoms with Gasteiger partial charge in [0, 0.05) is 43.4 Å². The molecule has 4 rings (SSSR count). The van der Waals surface area contributed by atoms with Crippen molar-refractivity contribution in [2.75, 3.05) is 0 Å². The Morgan fingerprint density at radius 3 is 2.41 bits per heavy atom. The molecule has 0 bridgehead atoms. The van der Waals surface area contributed by atoms with Crippen LogP contribution < -0.4 is 0 Å². The maximum absolute atomic E-state index is 13.6. The maximum atomic E-state index is 13.6. The molecule has 4 fully saturated rings. The molecule has 29 heavy (non-hydrogen) atoms. The summed E-state index contributed by atoms with van der Waals surface area (Å²) < 4.78 is 25.5. The third kappa shape index (κ3) is 3.13. The summed E-state index contributed by atoms with van der Waals surface area (Å²) in [4.78, 5) is 38.9. The monoisotopic (exact) mass is 408 g/mol. The first-order chi connectivity index (χ1) is 13.6. The standard InChI is InChI=1S/C24H34F2O3/c1-13(4-7-21(25)26)16-5-6-17-22-18(12-20(29)24(16,17)3)23(2)9-8-15(27)10-14(23)11-19(22)28/h13-14,16-18,21-22H,4-12H2,1-3H3/t13-,14+,16-,17+,18+,22+,23+,24-/m1/s1. The van der Waals surface area contributed by atoms with Gasteiger partial charge >= 0.3 is 0 Å². The van der Waals surface area contributed by atoms with Crippen molar-refractivity contribution in [1.82, 2.24) is 0 Å². The second kappa shape index (κ2) is 7.23. The number of hydrogen-bond acceptors (Lipinski definition) is 3. The molecule has 4 aliphatic carbocycles. The summed E-state index contributed by atoms with van der Waals surface area (Å²) in [6, 6.07) is 0. The van der Waals surface area contributed by atoms with E-state index in [9.17, 15) is 23.2 Å². The molecule has 0 heterocycles. The average molecular weight is 409 g/mol. The summed E-state index contributed by atoms with van der Waals surface area (Å²) in [5.74, 6) is 0.951. The van der Waals surface area contributed by atoms with Crippen molar-refractivity contribution in [2.45, 2.75) is 85.0 Å². The van der Waals surface area contributed by atoms with Crippen LogP contribution in [0.1, 0.15) is 78.6 Å². The van der Waals surface area contributed by atoms with E-state index in [1.807, 2.05) is 13.8 Å². The average Bonchev–Trinajstić information content (AvgIpc) is 3.01. The molecule has 0 aromatic carbocycles. The third-order valence-electron chi connectivity index (χ3n) is 9.75. The predicted octanol–water partition coefficient (Wildman–Crippen LogP) is 5.25. The third-order valence-corrected chi connectivity index (χ3v) is 9.75. The van der Waals surface area contributed by atoms with E-state index >= 15 is 0 Å². The summed E-state index contributed by atoms with van der Waals surface area (Å²) in [6.45, 7) is 6.24. The van der Waals surface area contributed by atoms with Gasteiger partial charge in [-0.15, -0.1) is 0 Å². The molecule has 0 amide bonds. The highest BCUT2D eigenvalue weighted by Gasteiger charge is 2.66. The van der Waals surface area contributed by atoms with Gasteiger partial charge in [-0.25, -0.2) is 8.78 Å². The van der Waals surface area contributed by atoms with Gasteiger partial charge in [-0.2, -0.15) is 0 Å². The lowest BCUT2D eigenvalue weighted by Gasteiger charge is -2.58. The topological polar surface area (TPSA) is 51.2 Å². The van der Waals surface area contributed by atoms with Crippen molar-refractivity contribution in [3.63, 3.8) is 0 Å². The molecular formula is C24H34F2O3. The van der Waals surface area contributed by atoms with Gasteiger partial charge < -0.3 is 0 Å². The number of hydrogen-bond donors (Lipinski definition) is 0. The first-order valence-electron chi connectivity index (χ1n) is 11.4. The summed E-state index contributed by atoms with van der Waals surface area (Å²) in [5, 5.41) is 0. The Labute approximate surface area is 172 Å². The van der Waals surface area contributed by atoms with Gasteiger partial charge in [-0.05, 0) is 60.7 Å². The normalized spacial score (nSPS) is 45.7. The largest absolute Gasteiger partial charge is 0.300 e. The van der Waals surface area contributed by atoms with Crippen LogP contribution in [0.4, 0.5) is 8.78 Å². The zero-order valence-electron chi connectivity index (χ0n) is 17.9. The van der Waals surface area contributed by atoms with Crippen LogP contribution in [0.15, 0.2) is 0 Å². The number of ketones is 3. The lowest BCUT2D eigenvalue weighted by atomic mass is 9.44. The van der Waals surface area contributed by atoms with Crippen LogP contribution in [0, 0.1) is 46.3 Å². The summed E-state index contributed by atoms with van der Waals surface area (Å²) in [5.41, 5.74) is -0.672. The minimum atomic E-state index is -2.31. The molecule has 0 spiro atoms. The quantitative estimate of drug-likeness (QED) is 0.638. The molecule has 0 aromatic heterocycles. The van der Waals surface area contributed by atoms with Crippen LogP contribution in [-0.4, -0.2) is 23.8 Å². The zero-order chi connectivity index (χ0) is 21.1. The number of Topliss-reactive ketones (excluding diaryl/α,β-unsaturated/α-hetero) is 3. The van der Waals surface area contributed by atoms with E-state index in [0.717, 1.165) is 19.3 Å². The van der Waals surface area contributed by atoms with E-state index in [2.05, 4.69) is 6.92 Å². The number of carbonyl (C=O) groups excluding carboxylic acids is 3. The van der Waals surface area contributed by atoms with Crippen molar-refractivity contribution in [1.29, 1.82) is 0 Å². The molecule has 0 aliphatic heterocycles. The Bertz CT molecular complexity index is 719. The van der Waals surface area contributed by atoms with Gasteiger partial charge in [0.15, 0.2) is 0 Å². The van der Waals surface area contributed by atoms with Crippen molar-refractivity contribution in [3.8, 4) is 0 Å². The van der Waals surface area contributed by atoms with Crippen LogP contribution >= 0.6 is 0 Å². The Kier molecular flexibility index (Phi) is 5.26. The van der Waals surface area contributed by atoms with Crippen molar-refractivity contribution in [3.05, 3.63) is 0 Å². The van der Waals surface area contributed by atoms with Gasteiger partial charge in [0.2, 0.25) is 6.43 Å². The lowest BCUT2D eigenvalue weighted by molar-refractivity contribution is -0.166. The summed E-state index contributed by atoms with van der Waals surface area (Å²) in [6.07, 6.45) is 2.43. The fraction of sp³-hybridized carbons (Fsp3) is 0.875. The Balaban J connectivity index is 1.63. The number of alkyl halides is 2. The second-order valence-electron chi connectivity index (χ2n) is 10.9. The molecule has 0 unspecified atom stereocenters. The molecule has 3 nitrogen and oxygen atoms in total. The zero-order valence-corrected chi connectivity index (χ0v) is 17.9. The number of rotatable bonds is 4. The van der Waals surface area contributed by atoms with Gasteiger partial charge in [0.25, 0.3) is 0 Å². The van der Waals surface area contributed by atoms with E-state index in [1.165, 1.54) is 0 Å². The van der Waals surface area contributed by atoms with Gasteiger partial charge in [-0.1, -0.05) is 20.8 Å². The predicted molar refractivity (Wildman–Crippen MR) is 105 cm³/mol. The minimum absolute atomic E-state index is 0.0376. The minimum Gasteiger partial charge on any atom is -0.300 e. The fourth-order valence-electron chi connectivity index (χ4n) is 7.98. The summed E-state index contributed by atoms with van der Waals surface area (Å²) in [7, 11) is 0. The van der Waals surface area contributed by atoms with Crippen LogP contribution in [0.5, 0.6) is 0 Å². The first kappa shape index (κ1) is 21.1. The molecular weight excluding hydrogens is 374 g/mol. The van der Waals surface area contributed by atoms with Crippen LogP contribution in [0.2, 0.25) is 0 Å². The molecule has 0 radical (unpaired) electrons. The molecule has 4 aliphatic rings. The van der Waals surface area contributed by atoms with E-state index < -0.39 is 11.8 Å². The highest BCUT2D eigenvalue weighted by molar-refractivity contribution is 5.93. The smallest absolute Gasteiger partial charge is 0.238 e. The first-order valence-corrected chi connectivity index (χ1v) is 11.4. The van der Waals surface area contributed by atoms with E-state index in [-0.39, 0.29) is 64.7 Å². The van der Waals surface area contributed by atoms with Crippen LogP contribution in [0.3, 0.4) is 0 Å². The van der Waals surface area contributed by atoms with Crippen molar-refractivity contribution < 1.29 is 23.2 Å². The lowest BCUT2D eigenvalue weighted by Crippen LogP contribution is -2.60. The molecule has 0 aromatic rings. The molecule has 4 saturated carbocycles.